The Hall–Kier alpha value is -1.13. The van der Waals surface area contributed by atoms with Crippen LogP contribution >= 0.6 is 15.9 Å². The lowest BCUT2D eigenvalue weighted by Crippen LogP contribution is -2.43. The van der Waals surface area contributed by atoms with Gasteiger partial charge in [0.25, 0.3) is 0 Å². The molecule has 0 saturated carbocycles. The second-order valence-corrected chi connectivity index (χ2v) is 6.11. The molecule has 0 aliphatic carbocycles. The molecule has 0 spiro atoms. The molecule has 0 amide bonds. The van der Waals surface area contributed by atoms with Crippen LogP contribution in [0.5, 0.6) is 0 Å². The molecule has 4 heteroatoms. The lowest BCUT2D eigenvalue weighted by Gasteiger charge is -2.38. The summed E-state index contributed by atoms with van der Waals surface area (Å²) in [5, 5.41) is 4.47. The van der Waals surface area contributed by atoms with Gasteiger partial charge in [0, 0.05) is 19.1 Å². The maximum Gasteiger partial charge on any atom is 0.0670 e. The van der Waals surface area contributed by atoms with E-state index in [1.165, 1.54) is 11.3 Å². The van der Waals surface area contributed by atoms with Crippen LogP contribution in [0.2, 0.25) is 0 Å². The normalized spacial score (nSPS) is 23.3. The number of hydrogen-bond acceptors (Lipinski definition) is 2. The SMILES string of the molecule is C[C@H]1[C@H](C)n2ncc(Br)c2CN1Cc1ccccc1. The summed E-state index contributed by atoms with van der Waals surface area (Å²) in [7, 11) is 0. The van der Waals surface area contributed by atoms with Crippen molar-refractivity contribution in [2.75, 3.05) is 0 Å². The molecule has 0 radical (unpaired) electrons. The van der Waals surface area contributed by atoms with E-state index in [0.717, 1.165) is 17.6 Å². The zero-order chi connectivity index (χ0) is 13.4. The van der Waals surface area contributed by atoms with Gasteiger partial charge in [-0.2, -0.15) is 5.10 Å². The van der Waals surface area contributed by atoms with Gasteiger partial charge < -0.3 is 0 Å². The van der Waals surface area contributed by atoms with Gasteiger partial charge in [-0.3, -0.25) is 9.58 Å². The Labute approximate surface area is 122 Å². The molecule has 1 aromatic carbocycles. The van der Waals surface area contributed by atoms with E-state index in [1.807, 2.05) is 6.20 Å². The zero-order valence-corrected chi connectivity index (χ0v) is 12.8. The summed E-state index contributed by atoms with van der Waals surface area (Å²) in [4.78, 5) is 2.52. The monoisotopic (exact) mass is 319 g/mol. The van der Waals surface area contributed by atoms with E-state index < -0.39 is 0 Å². The number of hydrogen-bond donors (Lipinski definition) is 0. The van der Waals surface area contributed by atoms with Crippen molar-refractivity contribution in [3.8, 4) is 0 Å². The van der Waals surface area contributed by atoms with Crippen molar-refractivity contribution < 1.29 is 0 Å². The molecule has 100 valence electrons. The highest BCUT2D eigenvalue weighted by molar-refractivity contribution is 9.10. The molecule has 2 heterocycles. The fourth-order valence-corrected chi connectivity index (χ4v) is 3.13. The highest BCUT2D eigenvalue weighted by atomic mass is 79.9. The summed E-state index contributed by atoms with van der Waals surface area (Å²) in [5.41, 5.74) is 2.65. The van der Waals surface area contributed by atoms with Crippen LogP contribution in [0.3, 0.4) is 0 Å². The number of benzene rings is 1. The average molecular weight is 320 g/mol. The van der Waals surface area contributed by atoms with E-state index in [2.05, 4.69) is 74.8 Å². The van der Waals surface area contributed by atoms with Crippen LogP contribution in [0.4, 0.5) is 0 Å². The molecule has 3 nitrogen and oxygen atoms in total. The smallest absolute Gasteiger partial charge is 0.0670 e. The fourth-order valence-electron chi connectivity index (χ4n) is 2.73. The maximum atomic E-state index is 4.47. The van der Waals surface area contributed by atoms with Crippen molar-refractivity contribution in [2.24, 2.45) is 0 Å². The second-order valence-electron chi connectivity index (χ2n) is 5.26. The minimum absolute atomic E-state index is 0.402. The minimum atomic E-state index is 0.402. The van der Waals surface area contributed by atoms with Crippen molar-refractivity contribution in [1.29, 1.82) is 0 Å². The van der Waals surface area contributed by atoms with Crippen molar-refractivity contribution in [2.45, 2.75) is 39.0 Å². The summed E-state index contributed by atoms with van der Waals surface area (Å²) in [6.45, 7) is 6.46. The first kappa shape index (κ1) is 12.9. The standard InChI is InChI=1S/C15H18BrN3/c1-11-12(2)19-15(14(16)8-17-19)10-18(11)9-13-6-4-3-5-7-13/h3-8,11-12H,9-10H2,1-2H3/t11-,12-/m0/s1. The molecular weight excluding hydrogens is 302 g/mol. The number of halogens is 1. The van der Waals surface area contributed by atoms with Crippen molar-refractivity contribution in [3.63, 3.8) is 0 Å². The molecule has 1 aliphatic rings. The first-order valence-electron chi connectivity index (χ1n) is 6.66. The quantitative estimate of drug-likeness (QED) is 0.843. The van der Waals surface area contributed by atoms with Crippen LogP contribution < -0.4 is 0 Å². The highest BCUT2D eigenvalue weighted by Gasteiger charge is 2.30. The van der Waals surface area contributed by atoms with Crippen LogP contribution in [0.25, 0.3) is 0 Å². The Bertz CT molecular complexity index is 564. The van der Waals surface area contributed by atoms with Crippen LogP contribution in [-0.4, -0.2) is 20.7 Å². The van der Waals surface area contributed by atoms with Crippen molar-refractivity contribution in [3.05, 3.63) is 52.3 Å². The molecule has 0 fully saturated rings. The molecule has 1 aliphatic heterocycles. The molecule has 2 atom stereocenters. The fraction of sp³-hybridized carbons (Fsp3) is 0.400. The number of aromatic nitrogens is 2. The lowest BCUT2D eigenvalue weighted by atomic mass is 10.1. The summed E-state index contributed by atoms with van der Waals surface area (Å²) >= 11 is 3.60. The molecule has 0 N–H and O–H groups in total. The predicted octanol–water partition coefficient (Wildman–Crippen LogP) is 3.61. The first-order chi connectivity index (χ1) is 9.16. The second kappa shape index (κ2) is 5.10. The van der Waals surface area contributed by atoms with Crippen LogP contribution in [0, 0.1) is 0 Å². The van der Waals surface area contributed by atoms with E-state index in [1.54, 1.807) is 0 Å². The molecule has 0 bridgehead atoms. The van der Waals surface area contributed by atoms with E-state index in [4.69, 9.17) is 0 Å². The van der Waals surface area contributed by atoms with Gasteiger partial charge in [-0.25, -0.2) is 0 Å². The third-order valence-electron chi connectivity index (χ3n) is 4.09. The Kier molecular flexibility index (Phi) is 3.46. The molecule has 2 aromatic rings. The van der Waals surface area contributed by atoms with Gasteiger partial charge in [-0.1, -0.05) is 30.3 Å². The highest BCUT2D eigenvalue weighted by Crippen LogP contribution is 2.31. The minimum Gasteiger partial charge on any atom is -0.288 e. The van der Waals surface area contributed by atoms with Gasteiger partial charge in [-0.15, -0.1) is 0 Å². The van der Waals surface area contributed by atoms with Crippen LogP contribution in [-0.2, 0) is 13.1 Å². The molecular formula is C15H18BrN3. The molecule has 1 aromatic heterocycles. The van der Waals surface area contributed by atoms with Gasteiger partial charge in [0.1, 0.15) is 0 Å². The molecule has 19 heavy (non-hydrogen) atoms. The zero-order valence-electron chi connectivity index (χ0n) is 11.3. The lowest BCUT2D eigenvalue weighted by molar-refractivity contribution is 0.106. The Morgan fingerprint density at radius 2 is 1.95 bits per heavy atom. The Balaban J connectivity index is 1.86. The Morgan fingerprint density at radius 1 is 1.21 bits per heavy atom. The third-order valence-corrected chi connectivity index (χ3v) is 4.75. The number of rotatable bonds is 2. The largest absolute Gasteiger partial charge is 0.288 e. The van der Waals surface area contributed by atoms with Crippen LogP contribution in [0.1, 0.15) is 31.1 Å². The summed E-state index contributed by atoms with van der Waals surface area (Å²) < 4.78 is 3.26. The van der Waals surface area contributed by atoms with Gasteiger partial charge in [-0.05, 0) is 35.3 Å². The summed E-state index contributed by atoms with van der Waals surface area (Å²) in [5.74, 6) is 0. The van der Waals surface area contributed by atoms with Gasteiger partial charge in [0.2, 0.25) is 0 Å². The van der Waals surface area contributed by atoms with Gasteiger partial charge in [0.05, 0.1) is 22.4 Å². The van der Waals surface area contributed by atoms with Gasteiger partial charge >= 0.3 is 0 Å². The average Bonchev–Trinajstić information content (AvgIpc) is 2.79. The van der Waals surface area contributed by atoms with E-state index in [0.29, 0.717) is 12.1 Å². The molecule has 3 rings (SSSR count). The van der Waals surface area contributed by atoms with E-state index in [-0.39, 0.29) is 0 Å². The molecule has 0 unspecified atom stereocenters. The third kappa shape index (κ3) is 2.35. The van der Waals surface area contributed by atoms with Crippen molar-refractivity contribution in [1.82, 2.24) is 14.7 Å². The van der Waals surface area contributed by atoms with Crippen LogP contribution in [0.15, 0.2) is 41.0 Å². The van der Waals surface area contributed by atoms with Crippen molar-refractivity contribution >= 4 is 15.9 Å². The van der Waals surface area contributed by atoms with Gasteiger partial charge in [0.15, 0.2) is 0 Å². The number of fused-ring (bicyclic) bond motifs is 1. The topological polar surface area (TPSA) is 21.1 Å². The first-order valence-corrected chi connectivity index (χ1v) is 7.46. The summed E-state index contributed by atoms with van der Waals surface area (Å²) in [6, 6.07) is 11.5. The molecule has 0 saturated heterocycles. The summed E-state index contributed by atoms with van der Waals surface area (Å²) in [6.07, 6.45) is 1.91. The van der Waals surface area contributed by atoms with E-state index in [9.17, 15) is 0 Å². The van der Waals surface area contributed by atoms with E-state index >= 15 is 0 Å². The Morgan fingerprint density at radius 3 is 2.68 bits per heavy atom. The predicted molar refractivity (Wildman–Crippen MR) is 79.8 cm³/mol. The maximum absolute atomic E-state index is 4.47. The number of nitrogens with zero attached hydrogens (tertiary/aromatic N) is 3.